The zero-order valence-corrected chi connectivity index (χ0v) is 8.12. The normalized spacial score (nSPS) is 31.5. The van der Waals surface area contributed by atoms with E-state index in [0.717, 1.165) is 39.4 Å². The Balaban J connectivity index is 1.94. The summed E-state index contributed by atoms with van der Waals surface area (Å²) in [7, 11) is 0. The molecule has 1 fully saturated rings. The van der Waals surface area contributed by atoms with Crippen molar-refractivity contribution < 1.29 is 4.74 Å². The SMILES string of the molecule is CC1=NC(N2CCOCC2)CNC1. The Labute approximate surface area is 79.0 Å². The zero-order chi connectivity index (χ0) is 9.10. The minimum Gasteiger partial charge on any atom is -0.379 e. The first-order valence-electron chi connectivity index (χ1n) is 4.92. The van der Waals surface area contributed by atoms with Crippen LogP contribution < -0.4 is 5.32 Å². The van der Waals surface area contributed by atoms with E-state index in [-0.39, 0.29) is 0 Å². The van der Waals surface area contributed by atoms with E-state index in [1.807, 2.05) is 0 Å². The Hall–Kier alpha value is -0.450. The lowest BCUT2D eigenvalue weighted by atomic mass is 10.3. The van der Waals surface area contributed by atoms with Crippen LogP contribution in [0.4, 0.5) is 0 Å². The first-order chi connectivity index (χ1) is 6.36. The second-order valence-electron chi connectivity index (χ2n) is 3.62. The van der Waals surface area contributed by atoms with Crippen LogP contribution in [0.5, 0.6) is 0 Å². The van der Waals surface area contributed by atoms with Crippen LogP contribution in [0.3, 0.4) is 0 Å². The fourth-order valence-electron chi connectivity index (χ4n) is 1.81. The molecule has 0 radical (unpaired) electrons. The molecule has 4 heteroatoms. The van der Waals surface area contributed by atoms with Crippen molar-refractivity contribution in [1.82, 2.24) is 10.2 Å². The molecule has 0 aliphatic carbocycles. The fraction of sp³-hybridized carbons (Fsp3) is 0.889. The Morgan fingerprint density at radius 1 is 1.46 bits per heavy atom. The predicted octanol–water partition coefficient (Wildman–Crippen LogP) is -0.291. The lowest BCUT2D eigenvalue weighted by Crippen LogP contribution is -2.50. The predicted molar refractivity (Wildman–Crippen MR) is 52.2 cm³/mol. The average Bonchev–Trinajstić information content (AvgIpc) is 2.19. The summed E-state index contributed by atoms with van der Waals surface area (Å²) in [6.07, 6.45) is 0.345. The quantitative estimate of drug-likeness (QED) is 0.607. The van der Waals surface area contributed by atoms with E-state index in [1.165, 1.54) is 5.71 Å². The second kappa shape index (κ2) is 4.17. The highest BCUT2D eigenvalue weighted by atomic mass is 16.5. The molecule has 0 aromatic heterocycles. The maximum absolute atomic E-state index is 5.31. The number of hydrogen-bond acceptors (Lipinski definition) is 4. The van der Waals surface area contributed by atoms with Crippen molar-refractivity contribution in [2.45, 2.75) is 13.1 Å². The molecule has 0 aromatic rings. The van der Waals surface area contributed by atoms with Crippen molar-refractivity contribution in [2.24, 2.45) is 4.99 Å². The van der Waals surface area contributed by atoms with E-state index in [2.05, 4.69) is 22.1 Å². The highest BCUT2D eigenvalue weighted by Crippen LogP contribution is 2.07. The number of morpholine rings is 1. The molecule has 0 amide bonds. The third-order valence-electron chi connectivity index (χ3n) is 2.54. The van der Waals surface area contributed by atoms with Gasteiger partial charge >= 0.3 is 0 Å². The van der Waals surface area contributed by atoms with Crippen LogP contribution in [0.25, 0.3) is 0 Å². The van der Waals surface area contributed by atoms with Crippen molar-refractivity contribution in [1.29, 1.82) is 0 Å². The topological polar surface area (TPSA) is 36.9 Å². The molecular formula is C9H17N3O. The number of ether oxygens (including phenoxy) is 1. The summed E-state index contributed by atoms with van der Waals surface area (Å²) in [6, 6.07) is 0. The maximum atomic E-state index is 5.31. The highest BCUT2D eigenvalue weighted by molar-refractivity contribution is 5.84. The van der Waals surface area contributed by atoms with E-state index < -0.39 is 0 Å². The van der Waals surface area contributed by atoms with E-state index in [4.69, 9.17) is 4.74 Å². The Morgan fingerprint density at radius 2 is 2.23 bits per heavy atom. The van der Waals surface area contributed by atoms with E-state index in [9.17, 15) is 0 Å². The number of aliphatic imine (C=N–C) groups is 1. The van der Waals surface area contributed by atoms with Gasteiger partial charge in [0.1, 0.15) is 6.17 Å². The van der Waals surface area contributed by atoms with Gasteiger partial charge in [-0.25, -0.2) is 0 Å². The fourth-order valence-corrected chi connectivity index (χ4v) is 1.81. The van der Waals surface area contributed by atoms with Crippen molar-refractivity contribution >= 4 is 5.71 Å². The molecule has 2 aliphatic heterocycles. The molecule has 1 unspecified atom stereocenters. The summed E-state index contributed by atoms with van der Waals surface area (Å²) in [4.78, 5) is 7.02. The Bertz CT molecular complexity index is 199. The third kappa shape index (κ3) is 2.27. The molecule has 1 atom stereocenters. The smallest absolute Gasteiger partial charge is 0.115 e. The van der Waals surface area contributed by atoms with E-state index in [1.54, 1.807) is 0 Å². The van der Waals surface area contributed by atoms with E-state index >= 15 is 0 Å². The van der Waals surface area contributed by atoms with Gasteiger partial charge in [0.15, 0.2) is 0 Å². The first-order valence-corrected chi connectivity index (χ1v) is 4.92. The highest BCUT2D eigenvalue weighted by Gasteiger charge is 2.21. The lowest BCUT2D eigenvalue weighted by molar-refractivity contribution is 0.0178. The molecule has 0 aromatic carbocycles. The van der Waals surface area contributed by atoms with Gasteiger partial charge in [-0.3, -0.25) is 9.89 Å². The summed E-state index contributed by atoms with van der Waals surface area (Å²) in [5, 5.41) is 3.37. The molecule has 1 N–H and O–H groups in total. The average molecular weight is 183 g/mol. The van der Waals surface area contributed by atoms with Gasteiger partial charge in [0.25, 0.3) is 0 Å². The van der Waals surface area contributed by atoms with Crippen molar-refractivity contribution in [3.63, 3.8) is 0 Å². The van der Waals surface area contributed by atoms with Gasteiger partial charge in [0.2, 0.25) is 0 Å². The van der Waals surface area contributed by atoms with Gasteiger partial charge in [-0.1, -0.05) is 0 Å². The summed E-state index contributed by atoms with van der Waals surface area (Å²) in [6.45, 7) is 7.75. The van der Waals surface area contributed by atoms with Crippen LogP contribution in [0.1, 0.15) is 6.92 Å². The molecule has 2 rings (SSSR count). The van der Waals surface area contributed by atoms with Crippen molar-refractivity contribution in [3.05, 3.63) is 0 Å². The van der Waals surface area contributed by atoms with Gasteiger partial charge in [-0.2, -0.15) is 0 Å². The molecule has 4 nitrogen and oxygen atoms in total. The minimum atomic E-state index is 0.345. The van der Waals surface area contributed by atoms with Crippen LogP contribution in [-0.4, -0.2) is 56.2 Å². The minimum absolute atomic E-state index is 0.345. The summed E-state index contributed by atoms with van der Waals surface area (Å²) >= 11 is 0. The van der Waals surface area contributed by atoms with Crippen LogP contribution in [0, 0.1) is 0 Å². The molecule has 0 saturated carbocycles. The number of nitrogens with one attached hydrogen (secondary N) is 1. The van der Waals surface area contributed by atoms with Crippen LogP contribution in [-0.2, 0) is 4.74 Å². The molecule has 2 aliphatic rings. The molecule has 1 saturated heterocycles. The molecule has 13 heavy (non-hydrogen) atoms. The summed E-state index contributed by atoms with van der Waals surface area (Å²) in [5.41, 5.74) is 1.21. The van der Waals surface area contributed by atoms with Crippen LogP contribution in [0.2, 0.25) is 0 Å². The number of hydrogen-bond donors (Lipinski definition) is 1. The lowest BCUT2D eigenvalue weighted by Gasteiger charge is -2.34. The van der Waals surface area contributed by atoms with Crippen LogP contribution in [0.15, 0.2) is 4.99 Å². The molecule has 74 valence electrons. The molecular weight excluding hydrogens is 166 g/mol. The first kappa shape index (κ1) is 9.12. The van der Waals surface area contributed by atoms with Crippen molar-refractivity contribution in [2.75, 3.05) is 39.4 Å². The van der Waals surface area contributed by atoms with Crippen molar-refractivity contribution in [3.8, 4) is 0 Å². The monoisotopic (exact) mass is 183 g/mol. The van der Waals surface area contributed by atoms with Gasteiger partial charge in [-0.15, -0.1) is 0 Å². The van der Waals surface area contributed by atoms with Gasteiger partial charge in [0, 0.05) is 31.9 Å². The number of nitrogens with zero attached hydrogens (tertiary/aromatic N) is 2. The third-order valence-corrected chi connectivity index (χ3v) is 2.54. The largest absolute Gasteiger partial charge is 0.379 e. The van der Waals surface area contributed by atoms with Gasteiger partial charge in [0.05, 0.1) is 13.2 Å². The maximum Gasteiger partial charge on any atom is 0.115 e. The Kier molecular flexibility index (Phi) is 2.93. The van der Waals surface area contributed by atoms with Gasteiger partial charge in [-0.05, 0) is 6.92 Å². The second-order valence-corrected chi connectivity index (χ2v) is 3.62. The van der Waals surface area contributed by atoms with Crippen LogP contribution >= 0.6 is 0 Å². The van der Waals surface area contributed by atoms with Gasteiger partial charge < -0.3 is 10.1 Å². The zero-order valence-electron chi connectivity index (χ0n) is 8.12. The number of rotatable bonds is 1. The summed E-state index contributed by atoms with van der Waals surface area (Å²) in [5.74, 6) is 0. The molecule has 0 spiro atoms. The summed E-state index contributed by atoms with van der Waals surface area (Å²) < 4.78 is 5.31. The molecule has 0 bridgehead atoms. The Morgan fingerprint density at radius 3 is 2.92 bits per heavy atom. The van der Waals surface area contributed by atoms with E-state index in [0.29, 0.717) is 6.17 Å². The standard InChI is InChI=1S/C9H17N3O/c1-8-6-10-7-9(11-8)12-2-4-13-5-3-12/h9-10H,2-7H2,1H3. The molecule has 2 heterocycles.